The standard InChI is InChI=1S/C12H12BF2N3O/c1-18-6-7(10(17-18)11(14)15)12(19)16-9-5-3-2-4-8(9)13/h2-6,11H,13H2,1H3,(H,16,19). The summed E-state index contributed by atoms with van der Waals surface area (Å²) in [4.78, 5) is 12.0. The number of amides is 1. The lowest BCUT2D eigenvalue weighted by Gasteiger charge is -2.07. The van der Waals surface area contributed by atoms with Gasteiger partial charge >= 0.3 is 0 Å². The lowest BCUT2D eigenvalue weighted by Crippen LogP contribution is -2.19. The van der Waals surface area contributed by atoms with E-state index in [0.29, 0.717) is 5.69 Å². The number of aryl methyl sites for hydroxylation is 1. The second kappa shape index (κ2) is 5.21. The van der Waals surface area contributed by atoms with Crippen LogP contribution >= 0.6 is 0 Å². The van der Waals surface area contributed by atoms with Crippen molar-refractivity contribution in [3.63, 3.8) is 0 Å². The summed E-state index contributed by atoms with van der Waals surface area (Å²) >= 11 is 0. The van der Waals surface area contributed by atoms with Crippen molar-refractivity contribution in [2.45, 2.75) is 6.43 Å². The summed E-state index contributed by atoms with van der Waals surface area (Å²) in [5.74, 6) is -0.585. The Morgan fingerprint density at radius 1 is 1.42 bits per heavy atom. The molecule has 0 saturated carbocycles. The lowest BCUT2D eigenvalue weighted by molar-refractivity contribution is 0.101. The summed E-state index contributed by atoms with van der Waals surface area (Å²) in [5.41, 5.74) is 0.837. The highest BCUT2D eigenvalue weighted by molar-refractivity contribution is 6.36. The van der Waals surface area contributed by atoms with E-state index < -0.39 is 18.0 Å². The monoisotopic (exact) mass is 263 g/mol. The zero-order valence-electron chi connectivity index (χ0n) is 10.5. The van der Waals surface area contributed by atoms with Crippen molar-refractivity contribution in [2.24, 2.45) is 7.05 Å². The molecule has 1 heterocycles. The molecule has 0 radical (unpaired) electrons. The van der Waals surface area contributed by atoms with E-state index in [9.17, 15) is 13.6 Å². The Morgan fingerprint density at radius 3 is 2.74 bits per heavy atom. The maximum absolute atomic E-state index is 12.8. The fourth-order valence-electron chi connectivity index (χ4n) is 1.74. The number of carbonyl (C=O) groups excluding carboxylic acids is 1. The van der Waals surface area contributed by atoms with Crippen LogP contribution in [0.15, 0.2) is 30.5 Å². The molecule has 98 valence electrons. The Morgan fingerprint density at radius 2 is 2.11 bits per heavy atom. The van der Waals surface area contributed by atoms with Crippen LogP contribution in [0.3, 0.4) is 0 Å². The van der Waals surface area contributed by atoms with Gasteiger partial charge in [0.15, 0.2) is 0 Å². The van der Waals surface area contributed by atoms with Gasteiger partial charge in [-0.3, -0.25) is 9.48 Å². The highest BCUT2D eigenvalue weighted by atomic mass is 19.3. The molecule has 0 spiro atoms. The molecule has 1 N–H and O–H groups in total. The predicted octanol–water partition coefficient (Wildman–Crippen LogP) is 0.868. The van der Waals surface area contributed by atoms with E-state index in [1.165, 1.54) is 17.9 Å². The van der Waals surface area contributed by atoms with E-state index in [0.717, 1.165) is 5.46 Å². The molecule has 0 aliphatic heterocycles. The third kappa shape index (κ3) is 2.81. The summed E-state index contributed by atoms with van der Waals surface area (Å²) in [5, 5.41) is 6.21. The van der Waals surface area contributed by atoms with Crippen molar-refractivity contribution in [3.05, 3.63) is 41.7 Å². The first-order chi connectivity index (χ1) is 8.99. The van der Waals surface area contributed by atoms with Gasteiger partial charge in [-0.1, -0.05) is 23.7 Å². The van der Waals surface area contributed by atoms with Gasteiger partial charge in [0.05, 0.1) is 5.56 Å². The van der Waals surface area contributed by atoms with Crippen molar-refractivity contribution in [1.82, 2.24) is 9.78 Å². The second-order valence-electron chi connectivity index (χ2n) is 4.17. The average Bonchev–Trinajstić information content (AvgIpc) is 2.74. The molecule has 1 aromatic carbocycles. The minimum atomic E-state index is -2.78. The molecule has 4 nitrogen and oxygen atoms in total. The summed E-state index contributed by atoms with van der Waals surface area (Å²) in [6.45, 7) is 0. The molecule has 1 aromatic heterocycles. The molecule has 19 heavy (non-hydrogen) atoms. The number of anilines is 1. The fraction of sp³-hybridized carbons (Fsp3) is 0.167. The quantitative estimate of drug-likeness (QED) is 0.835. The molecular formula is C12H12BF2N3O. The van der Waals surface area contributed by atoms with Gasteiger partial charge in [0.1, 0.15) is 13.5 Å². The highest BCUT2D eigenvalue weighted by Crippen LogP contribution is 2.21. The van der Waals surface area contributed by atoms with Crippen LogP contribution in [0.2, 0.25) is 0 Å². The maximum Gasteiger partial charge on any atom is 0.282 e. The number of aromatic nitrogens is 2. The molecule has 1 amide bonds. The van der Waals surface area contributed by atoms with Gasteiger partial charge in [-0.05, 0) is 6.07 Å². The first-order valence-corrected chi connectivity index (χ1v) is 5.67. The van der Waals surface area contributed by atoms with Crippen LogP contribution in [0.5, 0.6) is 0 Å². The minimum absolute atomic E-state index is 0.110. The lowest BCUT2D eigenvalue weighted by atomic mass is 9.94. The Balaban J connectivity index is 2.28. The second-order valence-corrected chi connectivity index (χ2v) is 4.17. The Kier molecular flexibility index (Phi) is 3.64. The number of halogens is 2. The number of nitrogens with zero attached hydrogens (tertiary/aromatic N) is 2. The third-order valence-corrected chi connectivity index (χ3v) is 2.70. The van der Waals surface area contributed by atoms with Gasteiger partial charge in [-0.25, -0.2) is 8.78 Å². The van der Waals surface area contributed by atoms with Crippen LogP contribution in [0.25, 0.3) is 0 Å². The van der Waals surface area contributed by atoms with Crippen LogP contribution in [-0.2, 0) is 7.05 Å². The topological polar surface area (TPSA) is 46.9 Å². The van der Waals surface area contributed by atoms with Crippen LogP contribution in [-0.4, -0.2) is 23.5 Å². The van der Waals surface area contributed by atoms with Crippen molar-refractivity contribution in [2.75, 3.05) is 5.32 Å². The molecule has 0 fully saturated rings. The fourth-order valence-corrected chi connectivity index (χ4v) is 1.74. The van der Waals surface area contributed by atoms with E-state index in [-0.39, 0.29) is 5.56 Å². The van der Waals surface area contributed by atoms with Crippen molar-refractivity contribution in [1.29, 1.82) is 0 Å². The van der Waals surface area contributed by atoms with Crippen LogP contribution in [0.4, 0.5) is 14.5 Å². The van der Waals surface area contributed by atoms with Gasteiger partial charge in [-0.2, -0.15) is 5.10 Å². The number of carbonyl (C=O) groups is 1. The van der Waals surface area contributed by atoms with Crippen LogP contribution in [0.1, 0.15) is 22.5 Å². The van der Waals surface area contributed by atoms with Gasteiger partial charge < -0.3 is 5.32 Å². The third-order valence-electron chi connectivity index (χ3n) is 2.70. The largest absolute Gasteiger partial charge is 0.322 e. The highest BCUT2D eigenvalue weighted by Gasteiger charge is 2.22. The summed E-state index contributed by atoms with van der Waals surface area (Å²) in [7, 11) is 3.32. The Bertz CT molecular complexity index is 613. The number of hydrogen-bond donors (Lipinski definition) is 1. The van der Waals surface area contributed by atoms with E-state index in [1.807, 2.05) is 20.0 Å². The molecular weight excluding hydrogens is 251 g/mol. The first kappa shape index (κ1) is 13.3. The minimum Gasteiger partial charge on any atom is -0.322 e. The molecule has 0 saturated heterocycles. The molecule has 0 bridgehead atoms. The van der Waals surface area contributed by atoms with Gasteiger partial charge in [0.25, 0.3) is 12.3 Å². The van der Waals surface area contributed by atoms with Crippen molar-refractivity contribution in [3.8, 4) is 0 Å². The van der Waals surface area contributed by atoms with Gasteiger partial charge in [0, 0.05) is 18.9 Å². The SMILES string of the molecule is Bc1ccccc1NC(=O)c1cn(C)nc1C(F)F. The smallest absolute Gasteiger partial charge is 0.282 e. The summed E-state index contributed by atoms with van der Waals surface area (Å²) in [6, 6.07) is 7.14. The summed E-state index contributed by atoms with van der Waals surface area (Å²) in [6.07, 6.45) is -1.49. The predicted molar refractivity (Wildman–Crippen MR) is 70.7 cm³/mol. The van der Waals surface area contributed by atoms with E-state index in [1.54, 1.807) is 12.1 Å². The number of para-hydroxylation sites is 1. The van der Waals surface area contributed by atoms with Gasteiger partial charge in [-0.15, -0.1) is 0 Å². The molecule has 0 unspecified atom stereocenters. The number of rotatable bonds is 3. The first-order valence-electron chi connectivity index (χ1n) is 5.67. The Labute approximate surface area is 109 Å². The number of nitrogens with one attached hydrogen (secondary N) is 1. The molecule has 0 aliphatic rings. The van der Waals surface area contributed by atoms with E-state index in [2.05, 4.69) is 10.4 Å². The molecule has 0 atom stereocenters. The molecule has 7 heteroatoms. The summed E-state index contributed by atoms with van der Waals surface area (Å²) < 4.78 is 26.7. The van der Waals surface area contributed by atoms with E-state index in [4.69, 9.17) is 0 Å². The molecule has 0 aliphatic carbocycles. The van der Waals surface area contributed by atoms with E-state index >= 15 is 0 Å². The van der Waals surface area contributed by atoms with Crippen molar-refractivity contribution < 1.29 is 13.6 Å². The molecule has 2 aromatic rings. The van der Waals surface area contributed by atoms with Gasteiger partial charge in [0.2, 0.25) is 0 Å². The van der Waals surface area contributed by atoms with Crippen molar-refractivity contribution >= 4 is 24.9 Å². The maximum atomic E-state index is 12.8. The van der Waals surface area contributed by atoms with Crippen LogP contribution < -0.4 is 10.8 Å². The average molecular weight is 263 g/mol. The zero-order chi connectivity index (χ0) is 14.0. The number of alkyl halides is 2. The Hall–Kier alpha value is -2.18. The zero-order valence-corrected chi connectivity index (χ0v) is 10.5. The number of benzene rings is 1. The number of hydrogen-bond acceptors (Lipinski definition) is 2. The normalized spacial score (nSPS) is 10.7. The molecule has 2 rings (SSSR count). The van der Waals surface area contributed by atoms with Crippen LogP contribution in [0, 0.1) is 0 Å².